The van der Waals surface area contributed by atoms with Crippen LogP contribution >= 0.6 is 0 Å². The molecule has 5 rings (SSSR count). The van der Waals surface area contributed by atoms with Gasteiger partial charge in [0.2, 0.25) is 0 Å². The van der Waals surface area contributed by atoms with Gasteiger partial charge in [0, 0.05) is 0 Å². The van der Waals surface area contributed by atoms with E-state index in [1.165, 1.54) is 0 Å². The molecule has 0 atom stereocenters. The summed E-state index contributed by atoms with van der Waals surface area (Å²) in [5.74, 6) is 0. The van der Waals surface area contributed by atoms with Crippen molar-refractivity contribution in [1.82, 2.24) is 0 Å². The van der Waals surface area contributed by atoms with Crippen LogP contribution in [0.25, 0.3) is 10.4 Å². The predicted octanol–water partition coefficient (Wildman–Crippen LogP) is 4.69. The van der Waals surface area contributed by atoms with E-state index in [0.717, 1.165) is 18.1 Å². The number of hydrogen-bond donors (Lipinski definition) is 0. The molecule has 0 aliphatic heterocycles. The number of azide groups is 1. The first-order chi connectivity index (χ1) is 16.8. The van der Waals surface area contributed by atoms with Gasteiger partial charge in [-0.15, -0.1) is 0 Å². The van der Waals surface area contributed by atoms with Gasteiger partial charge in [-0.3, -0.25) is 0 Å². The quantitative estimate of drug-likeness (QED) is 0.127. The van der Waals surface area contributed by atoms with Gasteiger partial charge in [-0.2, -0.15) is 0 Å². The Morgan fingerprint density at radius 2 is 0.588 bits per heavy atom. The van der Waals surface area contributed by atoms with E-state index in [2.05, 4.69) is 65.6 Å². The molecule has 5 aromatic carbocycles. The van der Waals surface area contributed by atoms with Gasteiger partial charge in [-0.05, 0) is 0 Å². The van der Waals surface area contributed by atoms with Gasteiger partial charge in [0.25, 0.3) is 0 Å². The Kier molecular flexibility index (Phi) is 5.31. The third kappa shape index (κ3) is 2.45. The van der Waals surface area contributed by atoms with Crippen LogP contribution < -0.4 is 18.1 Å². The van der Waals surface area contributed by atoms with Crippen molar-refractivity contribution in [3.63, 3.8) is 0 Å². The van der Waals surface area contributed by atoms with Crippen molar-refractivity contribution in [3.8, 4) is 0 Å². The Balaban J connectivity index is 2.32. The molecule has 0 aromatic heterocycles. The van der Waals surface area contributed by atoms with Crippen LogP contribution in [0.3, 0.4) is 0 Å². The van der Waals surface area contributed by atoms with E-state index in [1.54, 1.807) is 0 Å². The number of nitrogens with zero attached hydrogens (tertiary/aromatic N) is 3. The molecule has 0 aliphatic carbocycles. The molecule has 0 spiro atoms. The van der Waals surface area contributed by atoms with Gasteiger partial charge < -0.3 is 0 Å². The fourth-order valence-corrected chi connectivity index (χ4v) is 26.8. The standard InChI is InChI=1S/C30H25N3Te/c31-32-33-34(26-16-6-1-7-17-26,27-18-8-2-9-19-27,28-20-10-3-11-21-28,29-22-12-4-13-23-29)30-24-14-5-15-25-30/h1-25H. The van der Waals surface area contributed by atoms with Crippen molar-refractivity contribution in [2.75, 3.05) is 0 Å². The Morgan fingerprint density at radius 3 is 0.765 bits per heavy atom. The first kappa shape index (κ1) is 22.0. The predicted molar refractivity (Wildman–Crippen MR) is 145 cm³/mol. The van der Waals surface area contributed by atoms with Gasteiger partial charge >= 0.3 is 199 Å². The normalized spacial score (nSPS) is 13.2. The minimum absolute atomic E-state index is 1.02. The van der Waals surface area contributed by atoms with Crippen molar-refractivity contribution in [1.29, 1.82) is 0 Å². The van der Waals surface area contributed by atoms with Gasteiger partial charge in [0.1, 0.15) is 0 Å². The van der Waals surface area contributed by atoms with Crippen molar-refractivity contribution in [3.05, 3.63) is 162 Å². The number of benzene rings is 5. The van der Waals surface area contributed by atoms with Crippen LogP contribution in [0.1, 0.15) is 0 Å². The molecule has 0 N–H and O–H groups in total. The van der Waals surface area contributed by atoms with E-state index in [9.17, 15) is 5.53 Å². The molecule has 34 heavy (non-hydrogen) atoms. The topological polar surface area (TPSA) is 48.8 Å². The Morgan fingerprint density at radius 1 is 0.382 bits per heavy atom. The molecule has 0 amide bonds. The van der Waals surface area contributed by atoms with Crippen molar-refractivity contribution in [2.24, 2.45) is 3.36 Å². The summed E-state index contributed by atoms with van der Waals surface area (Å²) in [6.45, 7) is 0. The van der Waals surface area contributed by atoms with Crippen LogP contribution in [-0.4, -0.2) is 15.7 Å². The van der Waals surface area contributed by atoms with E-state index in [0.29, 0.717) is 0 Å². The second-order valence-electron chi connectivity index (χ2n) is 8.21. The van der Waals surface area contributed by atoms with E-state index < -0.39 is 15.7 Å². The molecule has 3 nitrogen and oxygen atoms in total. The minimum atomic E-state index is -5.91. The molecule has 0 saturated heterocycles. The maximum atomic E-state index is 10.5. The molecule has 0 fully saturated rings. The Labute approximate surface area is 198 Å². The van der Waals surface area contributed by atoms with Crippen LogP contribution in [0.2, 0.25) is 0 Å². The Bertz CT molecular complexity index is 1210. The van der Waals surface area contributed by atoms with Crippen molar-refractivity contribution in [2.45, 2.75) is 0 Å². The summed E-state index contributed by atoms with van der Waals surface area (Å²) in [5.41, 5.74) is 10.5. The zero-order chi connectivity index (χ0) is 23.4. The fraction of sp³-hybridized carbons (Fsp3) is 0. The van der Waals surface area contributed by atoms with E-state index in [-0.39, 0.29) is 0 Å². The molecule has 4 heteroatoms. The number of rotatable bonds is 6. The molecule has 0 unspecified atom stereocenters. The summed E-state index contributed by atoms with van der Waals surface area (Å²) >= 11 is -5.91. The van der Waals surface area contributed by atoms with Gasteiger partial charge in [-0.25, -0.2) is 0 Å². The van der Waals surface area contributed by atoms with Gasteiger partial charge in [-0.1, -0.05) is 0 Å². The first-order valence-corrected chi connectivity index (χ1v) is 18.0. The Hall–Kier alpha value is -3.80. The summed E-state index contributed by atoms with van der Waals surface area (Å²) in [6.07, 6.45) is 0. The second kappa shape index (κ2) is 8.20. The molecule has 0 bridgehead atoms. The average Bonchev–Trinajstić information content (AvgIpc) is 2.95. The summed E-state index contributed by atoms with van der Waals surface area (Å²) in [4.78, 5) is 3.74. The van der Waals surface area contributed by atoms with E-state index in [4.69, 9.17) is 3.36 Å². The molecule has 5 aromatic rings. The number of hydrogen-bond acceptors (Lipinski definition) is 1. The van der Waals surface area contributed by atoms with E-state index in [1.807, 2.05) is 91.0 Å². The van der Waals surface area contributed by atoms with Crippen LogP contribution in [0, 0.1) is 0 Å². The van der Waals surface area contributed by atoms with Crippen LogP contribution in [-0.2, 0) is 0 Å². The molecular formula is C30H25N3Te. The summed E-state index contributed by atoms with van der Waals surface area (Å²) < 4.78 is 10.4. The van der Waals surface area contributed by atoms with Gasteiger partial charge in [0.15, 0.2) is 0 Å². The van der Waals surface area contributed by atoms with Crippen LogP contribution in [0.15, 0.2) is 155 Å². The third-order valence-electron chi connectivity index (χ3n) is 6.84. The van der Waals surface area contributed by atoms with Crippen molar-refractivity contribution < 1.29 is 0 Å². The monoisotopic (exact) mass is 557 g/mol. The zero-order valence-electron chi connectivity index (χ0n) is 18.7. The zero-order valence-corrected chi connectivity index (χ0v) is 21.0. The third-order valence-corrected chi connectivity index (χ3v) is 28.6. The van der Waals surface area contributed by atoms with Crippen LogP contribution in [0.4, 0.5) is 0 Å². The maximum absolute atomic E-state index is 10.5. The molecule has 0 saturated carbocycles. The van der Waals surface area contributed by atoms with Gasteiger partial charge in [0.05, 0.1) is 0 Å². The fourth-order valence-electron chi connectivity index (χ4n) is 5.46. The second-order valence-corrected chi connectivity index (χ2v) is 23.8. The molecule has 0 heterocycles. The molecule has 0 radical (unpaired) electrons. The average molecular weight is 555 g/mol. The SMILES string of the molecule is [N-]=[N+]=N[Te](c1ccccc1)(c1ccccc1)(c1ccccc1)(c1ccccc1)c1ccccc1. The molecular weight excluding hydrogens is 530 g/mol. The summed E-state index contributed by atoms with van der Waals surface area (Å²) in [6, 6.07) is 51.9. The first-order valence-electron chi connectivity index (χ1n) is 11.2. The van der Waals surface area contributed by atoms with E-state index >= 15 is 0 Å². The molecule has 166 valence electrons. The van der Waals surface area contributed by atoms with Crippen LogP contribution in [0.5, 0.6) is 0 Å². The van der Waals surface area contributed by atoms with Crippen molar-refractivity contribution >= 4 is 33.8 Å². The molecule has 0 aliphatic rings. The summed E-state index contributed by atoms with van der Waals surface area (Å²) in [5, 5.41) is 0. The summed E-state index contributed by atoms with van der Waals surface area (Å²) in [7, 11) is 0.